The molecular formula is C107H101N16O15S3-. The van der Waals surface area contributed by atoms with Crippen molar-refractivity contribution in [2.45, 2.75) is 58.9 Å². The number of phenols is 4. The van der Waals surface area contributed by atoms with Gasteiger partial charge in [-0.3, -0.25) is 27.7 Å². The van der Waals surface area contributed by atoms with E-state index in [0.717, 1.165) is 57.9 Å². The third-order valence-electron chi connectivity index (χ3n) is 22.2. The Kier molecular flexibility index (Phi) is 36.6. The van der Waals surface area contributed by atoms with Gasteiger partial charge >= 0.3 is 10.6 Å². The quantitative estimate of drug-likeness (QED) is 0.0119. The number of carbonyl (C=O) groups excluding carboxylic acids is 4. The minimum Gasteiger partial charge on any atom is -0.755 e. The highest BCUT2D eigenvalue weighted by Crippen LogP contribution is 2.45. The molecule has 0 spiro atoms. The van der Waals surface area contributed by atoms with Crippen molar-refractivity contribution in [1.29, 1.82) is 0 Å². The molecule has 0 heterocycles. The number of carbonyl (C=O) groups is 4. The molecular weight excluding hydrogens is 1850 g/mol. The summed E-state index contributed by atoms with van der Waals surface area (Å²) in [6.45, 7) is 14.9. The van der Waals surface area contributed by atoms with Gasteiger partial charge in [0.1, 0.15) is 27.6 Å². The van der Waals surface area contributed by atoms with E-state index in [9.17, 15) is 56.8 Å². The van der Waals surface area contributed by atoms with Crippen molar-refractivity contribution < 1.29 is 69.4 Å². The minimum absolute atomic E-state index is 0.0167. The van der Waals surface area contributed by atoms with Crippen LogP contribution in [-0.4, -0.2) is 137 Å². The molecule has 4 amide bonds. The molecule has 16 rings (SSSR count). The first-order valence-electron chi connectivity index (χ1n) is 44.4. The second-order valence-electron chi connectivity index (χ2n) is 32.1. The summed E-state index contributed by atoms with van der Waals surface area (Å²) in [5, 5.41) is 94.9. The Morgan fingerprint density at radius 1 is 0.390 bits per heavy atom. The number of aromatic hydroxyl groups is 4. The number of fused-ring (bicyclic) bond motifs is 4. The topological polar surface area (TPSA) is 443 Å². The zero-order valence-electron chi connectivity index (χ0n) is 78.0. The minimum atomic E-state index is -3.90. The number of phenolic OH excluding ortho intramolecular Hbond substituents is 4. The number of rotatable bonds is 29. The van der Waals surface area contributed by atoms with Crippen LogP contribution in [0.25, 0.3) is 43.1 Å². The third-order valence-corrected chi connectivity index (χ3v) is 24.4. The first-order valence-corrected chi connectivity index (χ1v) is 47.9. The smallest absolute Gasteiger partial charge is 0.425 e. The number of likely N-dealkylation sites (N-methyl/N-ethyl adjacent to an activating group) is 1. The summed E-state index contributed by atoms with van der Waals surface area (Å²) in [6, 6.07) is 98.4. The van der Waals surface area contributed by atoms with Gasteiger partial charge in [0.05, 0.1) is 62.1 Å². The van der Waals surface area contributed by atoms with Crippen LogP contribution in [0.15, 0.2) is 379 Å². The molecule has 2 unspecified atom stereocenters. The number of para-hydroxylation sites is 4. The highest BCUT2D eigenvalue weighted by Gasteiger charge is 2.27. The zero-order chi connectivity index (χ0) is 101. The number of hydrogen-bond acceptors (Lipinski definition) is 25. The van der Waals surface area contributed by atoms with Crippen molar-refractivity contribution in [3.63, 3.8) is 0 Å². The van der Waals surface area contributed by atoms with Gasteiger partial charge in [-0.2, -0.15) is 20.5 Å². The van der Waals surface area contributed by atoms with Crippen molar-refractivity contribution in [1.82, 2.24) is 14.5 Å². The van der Waals surface area contributed by atoms with Crippen LogP contribution in [-0.2, 0) is 31.9 Å². The van der Waals surface area contributed by atoms with Crippen molar-refractivity contribution >= 4 is 173 Å². The van der Waals surface area contributed by atoms with E-state index >= 15 is 0 Å². The Morgan fingerprint density at radius 3 is 1.13 bits per heavy atom. The van der Waals surface area contributed by atoms with Crippen LogP contribution in [0.1, 0.15) is 85.3 Å². The summed E-state index contributed by atoms with van der Waals surface area (Å²) < 4.78 is 79.7. The maximum absolute atomic E-state index is 13.5. The summed E-state index contributed by atoms with van der Waals surface area (Å²) in [5.41, 5.74) is 8.75. The van der Waals surface area contributed by atoms with Crippen LogP contribution < -0.4 is 30.3 Å². The summed E-state index contributed by atoms with van der Waals surface area (Å²) in [6.07, 6.45) is 0.653. The van der Waals surface area contributed by atoms with Crippen LogP contribution in [0.4, 0.5) is 73.9 Å². The maximum Gasteiger partial charge on any atom is 0.425 e. The Labute approximate surface area is 819 Å². The number of benzene rings is 16. The molecule has 0 aliphatic rings. The highest BCUT2D eigenvalue weighted by atomic mass is 32.2. The van der Waals surface area contributed by atoms with Crippen LogP contribution in [0, 0.1) is 20.8 Å². The molecule has 0 radical (unpaired) electrons. The Morgan fingerprint density at radius 2 is 0.723 bits per heavy atom. The second kappa shape index (κ2) is 49.9. The molecule has 718 valence electrons. The molecule has 2 atom stereocenters. The van der Waals surface area contributed by atoms with E-state index in [4.69, 9.17) is 12.6 Å². The fraction of sp³-hybridized carbons (Fsp3) is 0.140. The third kappa shape index (κ3) is 28.1. The first kappa shape index (κ1) is 103. The Hall–Kier alpha value is -16.6. The standard InChI is InChI=1S/C31H35N5O4S.C28H29N5O4S.C25H21N3O2.C23H17N3O2.O3S/c1-4-36(5-2)20-10-19-32-41(39,40)28-14-9-8-13-27(28)33-31(38)26-21-23-11-6-7-12-25(23)29(30(26)37)35-34-24-17-15-22(3)16-18-24;1-19(32(2)3)18-33(38(36)37)25-16-10-9-15-24(25)29-28(35)23-17-20-11-7-8-14-22(20)26(27(23)34)31-30-21-12-5-4-6-13-21;1-16-11-13-19(14-12-16)26-25(30)21-15-18-8-4-5-9-20(18)23(24(21)29)28-27-22-10-6-3-7-17(22)2;27-22-20(23(28)24-17-10-3-1-4-11-17)15-16-9-7-8-14-19(16)21(22)26-25-18-12-5-2-6-13-18;1-4(2)3/h6-9,11-18,21,32,37H,4-5,10,19-20H2,1-3H3,(H,33,38);4-17,19,34H,18H2,1-3H3,(H,29,35)(H,36,37);3-15,29H,1-2H3,(H,26,30);1-15,27H,(H,24,28);/p-1. The molecule has 0 fully saturated rings. The highest BCUT2D eigenvalue weighted by molar-refractivity contribution is 7.89. The second-order valence-corrected chi connectivity index (χ2v) is 35.1. The molecule has 0 aliphatic carbocycles. The molecule has 0 aliphatic heterocycles. The number of azo groups is 4. The SMILES string of the molecule is CC(CN(c1ccccc1NC(=O)c1cc2ccccc2c(N=Nc2ccccc2)c1O)S(=O)[O-])N(C)C.CCN(CC)CCCNS(=O)(=O)c1ccccc1NC(=O)c1cc2ccccc2c(N=Nc2ccc(C)cc2)c1O.Cc1ccc(NC(=O)c2cc3ccccc3c(N=Nc3ccccc3C)c2O)cc1.O=C(Nc1ccccc1)c1cc2ccccc2c(N=Nc2ccccc2)c1O.O=S(=O)=O. The lowest BCUT2D eigenvalue weighted by Gasteiger charge is -2.32. The van der Waals surface area contributed by atoms with Crippen LogP contribution in [0.5, 0.6) is 23.0 Å². The van der Waals surface area contributed by atoms with Gasteiger partial charge in [-0.1, -0.05) is 243 Å². The van der Waals surface area contributed by atoms with Crippen molar-refractivity contribution in [3.8, 4) is 23.0 Å². The van der Waals surface area contributed by atoms with E-state index in [-0.39, 0.29) is 103 Å². The largest absolute Gasteiger partial charge is 0.755 e. The van der Waals surface area contributed by atoms with Gasteiger partial charge in [-0.05, 0) is 210 Å². The van der Waals surface area contributed by atoms with Crippen molar-refractivity contribution in [2.75, 3.05) is 72.4 Å². The maximum atomic E-state index is 13.5. The number of aryl methyl sites for hydroxylation is 3. The number of nitrogens with zero attached hydrogens (tertiary/aromatic N) is 11. The predicted molar refractivity (Wildman–Crippen MR) is 553 cm³/mol. The average Bonchev–Trinajstić information content (AvgIpc) is 0.786. The lowest BCUT2D eigenvalue weighted by atomic mass is 10.0. The van der Waals surface area contributed by atoms with Crippen LogP contribution in [0.3, 0.4) is 0 Å². The van der Waals surface area contributed by atoms with Crippen molar-refractivity contribution in [2.24, 2.45) is 40.9 Å². The number of anilines is 5. The molecule has 16 aromatic rings. The van der Waals surface area contributed by atoms with Crippen LogP contribution in [0.2, 0.25) is 0 Å². The predicted octanol–water partition coefficient (Wildman–Crippen LogP) is 24.3. The number of sulfonamides is 1. The molecule has 0 aromatic heterocycles. The van der Waals surface area contributed by atoms with E-state index in [1.54, 1.807) is 103 Å². The van der Waals surface area contributed by atoms with E-state index in [0.29, 0.717) is 67.8 Å². The number of hydrogen-bond donors (Lipinski definition) is 9. The fourth-order valence-corrected chi connectivity index (χ4v) is 16.3. The zero-order valence-corrected chi connectivity index (χ0v) is 80.4. The van der Waals surface area contributed by atoms with E-state index in [1.165, 1.54) is 16.4 Å². The van der Waals surface area contributed by atoms with E-state index < -0.39 is 55.5 Å². The summed E-state index contributed by atoms with van der Waals surface area (Å²) >= 11 is -2.58. The van der Waals surface area contributed by atoms with Gasteiger partial charge in [0.25, 0.3) is 23.6 Å². The van der Waals surface area contributed by atoms with Crippen molar-refractivity contribution in [3.05, 3.63) is 373 Å². The molecule has 0 bridgehead atoms. The van der Waals surface area contributed by atoms with E-state index in [1.807, 2.05) is 265 Å². The van der Waals surface area contributed by atoms with Gasteiger partial charge in [0.15, 0.2) is 23.0 Å². The van der Waals surface area contributed by atoms with E-state index in [2.05, 4.69) is 85.7 Å². The molecule has 0 saturated carbocycles. The normalized spacial score (nSPS) is 11.7. The molecule has 141 heavy (non-hydrogen) atoms. The van der Waals surface area contributed by atoms with Gasteiger partial charge in [0, 0.05) is 63.3 Å². The van der Waals surface area contributed by atoms with Gasteiger partial charge < -0.3 is 56.0 Å². The Bertz CT molecular complexity index is 7560. The average molecular weight is 1950 g/mol. The lowest BCUT2D eigenvalue weighted by Crippen LogP contribution is -2.39. The number of amides is 4. The van der Waals surface area contributed by atoms with Gasteiger partial charge in [0.2, 0.25) is 10.0 Å². The summed E-state index contributed by atoms with van der Waals surface area (Å²) in [4.78, 5) is 56.6. The first-order chi connectivity index (χ1) is 68.0. The summed E-state index contributed by atoms with van der Waals surface area (Å²) in [5.74, 6) is -3.20. The molecule has 0 saturated heterocycles. The molecule has 31 nitrogen and oxygen atoms in total. The molecule has 34 heteroatoms. The monoisotopic (exact) mass is 1950 g/mol. The summed E-state index contributed by atoms with van der Waals surface area (Å²) in [7, 11) is -3.29. The fourth-order valence-electron chi connectivity index (χ4n) is 14.4. The molecule has 16 aromatic carbocycles. The lowest BCUT2D eigenvalue weighted by molar-refractivity contribution is 0.101. The number of nitrogens with one attached hydrogen (secondary N) is 5. The van der Waals surface area contributed by atoms with Gasteiger partial charge in [-0.25, -0.2) is 13.1 Å². The van der Waals surface area contributed by atoms with Crippen LogP contribution >= 0.6 is 0 Å². The molecule has 9 N–H and O–H groups in total. The Balaban J connectivity index is 0.000000167. The van der Waals surface area contributed by atoms with Gasteiger partial charge in [-0.15, -0.1) is 33.1 Å².